The zero-order valence-electron chi connectivity index (χ0n) is 22.7. The van der Waals surface area contributed by atoms with E-state index in [1.165, 1.54) is 17.4 Å². The van der Waals surface area contributed by atoms with E-state index in [1.807, 2.05) is 52.3 Å². The van der Waals surface area contributed by atoms with Crippen LogP contribution >= 0.6 is 11.3 Å². The van der Waals surface area contributed by atoms with Crippen molar-refractivity contribution in [3.8, 4) is 39.5 Å². The van der Waals surface area contributed by atoms with Gasteiger partial charge in [-0.25, -0.2) is 13.8 Å². The van der Waals surface area contributed by atoms with Gasteiger partial charge in [0.1, 0.15) is 35.4 Å². The molecule has 8 nitrogen and oxygen atoms in total. The topological polar surface area (TPSA) is 79.0 Å². The van der Waals surface area contributed by atoms with Crippen molar-refractivity contribution >= 4 is 32.3 Å². The van der Waals surface area contributed by atoms with Crippen LogP contribution in [0.5, 0.6) is 5.75 Å². The Morgan fingerprint density at radius 2 is 1.95 bits per heavy atom. The summed E-state index contributed by atoms with van der Waals surface area (Å²) < 4.78 is 46.9. The largest absolute Gasteiger partial charge is 0.490 e. The standard InChI is InChI=1S/C31H26F2N6O2S/c1-38-25-3-2-17(10-18(25)14-35-38)29-22-5-9-42-31(22)28-27-23(33)11-19(32)12-26(27)41-8-7-40-6-4-20-16-39-21(15-34-20)13-24(37-39)30(28)36-29/h2-3,5,9-14,20,34H,4,6-8,15-16H2,1H3/t20-/m1/s1. The lowest BCUT2D eigenvalue weighted by Crippen LogP contribution is -2.39. The highest BCUT2D eigenvalue weighted by atomic mass is 32.1. The van der Waals surface area contributed by atoms with Gasteiger partial charge in [0.2, 0.25) is 0 Å². The van der Waals surface area contributed by atoms with Gasteiger partial charge in [0, 0.05) is 65.0 Å². The third-order valence-corrected chi connectivity index (χ3v) is 9.00. The number of aryl methyl sites for hydroxylation is 1. The fourth-order valence-corrected chi connectivity index (χ4v) is 6.95. The number of hydrogen-bond acceptors (Lipinski definition) is 7. The van der Waals surface area contributed by atoms with E-state index < -0.39 is 11.6 Å². The second-order valence-electron chi connectivity index (χ2n) is 10.7. The summed E-state index contributed by atoms with van der Waals surface area (Å²) in [6.45, 7) is 2.34. The number of halogens is 2. The molecule has 0 saturated carbocycles. The average Bonchev–Trinajstić information content (AvgIpc) is 3.72. The van der Waals surface area contributed by atoms with Gasteiger partial charge >= 0.3 is 0 Å². The van der Waals surface area contributed by atoms with Gasteiger partial charge in [-0.1, -0.05) is 6.07 Å². The van der Waals surface area contributed by atoms with Crippen molar-refractivity contribution in [2.45, 2.75) is 25.6 Å². The molecule has 11 heteroatoms. The average molecular weight is 585 g/mol. The number of nitrogens with zero attached hydrogens (tertiary/aromatic N) is 5. The van der Waals surface area contributed by atoms with E-state index in [4.69, 9.17) is 19.6 Å². The first-order valence-corrected chi connectivity index (χ1v) is 14.8. The van der Waals surface area contributed by atoms with Gasteiger partial charge in [-0.15, -0.1) is 11.3 Å². The van der Waals surface area contributed by atoms with Gasteiger partial charge < -0.3 is 14.8 Å². The first kappa shape index (κ1) is 25.5. The Hall–Kier alpha value is -4.19. The molecule has 6 heterocycles. The summed E-state index contributed by atoms with van der Waals surface area (Å²) in [5.41, 5.74) is 5.55. The van der Waals surface area contributed by atoms with E-state index >= 15 is 4.39 Å². The van der Waals surface area contributed by atoms with Gasteiger partial charge in [-0.2, -0.15) is 10.2 Å². The van der Waals surface area contributed by atoms with Crippen LogP contribution in [-0.2, 0) is 24.9 Å². The van der Waals surface area contributed by atoms with E-state index in [0.717, 1.165) is 50.4 Å². The van der Waals surface area contributed by atoms with Crippen LogP contribution < -0.4 is 10.1 Å². The molecule has 0 radical (unpaired) electrons. The predicted octanol–water partition coefficient (Wildman–Crippen LogP) is 5.93. The van der Waals surface area contributed by atoms with Crippen LogP contribution in [0.3, 0.4) is 0 Å². The molecule has 0 aliphatic carbocycles. The maximum absolute atomic E-state index is 15.9. The van der Waals surface area contributed by atoms with Crippen LogP contribution in [0.2, 0.25) is 0 Å². The summed E-state index contributed by atoms with van der Waals surface area (Å²) in [5.74, 6) is -1.32. The lowest BCUT2D eigenvalue weighted by Gasteiger charge is -2.24. The van der Waals surface area contributed by atoms with Crippen molar-refractivity contribution in [2.75, 3.05) is 19.8 Å². The maximum atomic E-state index is 15.9. The van der Waals surface area contributed by atoms with Crippen molar-refractivity contribution in [3.05, 3.63) is 71.4 Å². The minimum absolute atomic E-state index is 0.111. The third-order valence-electron chi connectivity index (χ3n) is 8.06. The molecular formula is C31H26F2N6O2S. The number of fused-ring (bicyclic) bond motifs is 9. The Labute approximate surface area is 243 Å². The van der Waals surface area contributed by atoms with Crippen LogP contribution in [0.1, 0.15) is 12.1 Å². The van der Waals surface area contributed by atoms with Crippen molar-refractivity contribution in [2.24, 2.45) is 7.05 Å². The van der Waals surface area contributed by atoms with Gasteiger partial charge in [0.15, 0.2) is 0 Å². The van der Waals surface area contributed by atoms with Gasteiger partial charge in [0.25, 0.3) is 0 Å². The summed E-state index contributed by atoms with van der Waals surface area (Å²) in [4.78, 5) is 5.23. The lowest BCUT2D eigenvalue weighted by molar-refractivity contribution is 0.0901. The first-order valence-electron chi connectivity index (χ1n) is 13.9. The Morgan fingerprint density at radius 1 is 1.02 bits per heavy atom. The highest BCUT2D eigenvalue weighted by molar-refractivity contribution is 7.18. The van der Waals surface area contributed by atoms with E-state index in [0.29, 0.717) is 43.3 Å². The normalized spacial score (nSPS) is 17.1. The minimum Gasteiger partial charge on any atom is -0.490 e. The number of nitrogens with one attached hydrogen (secondary N) is 1. The van der Waals surface area contributed by atoms with Crippen LogP contribution in [0.4, 0.5) is 8.78 Å². The predicted molar refractivity (Wildman–Crippen MR) is 157 cm³/mol. The molecule has 42 heavy (non-hydrogen) atoms. The monoisotopic (exact) mass is 584 g/mol. The molecule has 3 bridgehead atoms. The summed E-state index contributed by atoms with van der Waals surface area (Å²) in [5, 5.41) is 16.8. The van der Waals surface area contributed by atoms with Crippen LogP contribution in [-0.4, -0.2) is 50.4 Å². The van der Waals surface area contributed by atoms with Gasteiger partial charge in [-0.3, -0.25) is 9.36 Å². The molecule has 0 spiro atoms. The lowest BCUT2D eigenvalue weighted by atomic mass is 9.96. The number of thiophene rings is 1. The number of pyridine rings is 1. The molecule has 1 atom stereocenters. The van der Waals surface area contributed by atoms with Crippen LogP contribution in [0, 0.1) is 11.6 Å². The maximum Gasteiger partial charge on any atom is 0.137 e. The van der Waals surface area contributed by atoms with Gasteiger partial charge in [-0.05, 0) is 36.1 Å². The Balaban J connectivity index is 1.43. The van der Waals surface area contributed by atoms with E-state index in [9.17, 15) is 4.39 Å². The quantitative estimate of drug-likeness (QED) is 0.258. The minimum atomic E-state index is -0.719. The molecule has 6 aromatic rings. The molecular weight excluding hydrogens is 558 g/mol. The third kappa shape index (κ3) is 4.19. The molecule has 0 amide bonds. The second kappa shape index (κ2) is 9.97. The SMILES string of the molecule is Cn1ncc2cc(-c3nc4c(c5sccc35)-c3c(F)cc(F)cc3OCCOCC[C@@H]3Cn5nc-4cc5CN3)ccc21. The van der Waals surface area contributed by atoms with E-state index in [2.05, 4.69) is 16.5 Å². The number of benzene rings is 2. The van der Waals surface area contributed by atoms with Crippen molar-refractivity contribution in [3.63, 3.8) is 0 Å². The molecule has 1 N–H and O–H groups in total. The summed E-state index contributed by atoms with van der Waals surface area (Å²) in [7, 11) is 1.91. The number of rotatable bonds is 1. The fourth-order valence-electron chi connectivity index (χ4n) is 6.00. The molecule has 8 rings (SSSR count). The molecule has 0 fully saturated rings. The van der Waals surface area contributed by atoms with E-state index in [1.54, 1.807) is 0 Å². The Bertz CT molecular complexity index is 2000. The summed E-state index contributed by atoms with van der Waals surface area (Å²) in [6, 6.07) is 12.5. The number of aromatic nitrogens is 5. The second-order valence-corrected chi connectivity index (χ2v) is 11.6. The highest BCUT2D eigenvalue weighted by Gasteiger charge is 2.28. The zero-order chi connectivity index (χ0) is 28.4. The highest BCUT2D eigenvalue weighted by Crippen LogP contribution is 2.47. The van der Waals surface area contributed by atoms with Crippen molar-refractivity contribution < 1.29 is 18.3 Å². The van der Waals surface area contributed by atoms with Gasteiger partial charge in [0.05, 0.1) is 41.8 Å². The Morgan fingerprint density at radius 3 is 2.88 bits per heavy atom. The fraction of sp³-hybridized carbons (Fsp3) is 0.258. The molecule has 2 aliphatic heterocycles. The van der Waals surface area contributed by atoms with Crippen molar-refractivity contribution in [1.29, 1.82) is 0 Å². The van der Waals surface area contributed by atoms with E-state index in [-0.39, 0.29) is 24.0 Å². The summed E-state index contributed by atoms with van der Waals surface area (Å²) >= 11 is 1.49. The summed E-state index contributed by atoms with van der Waals surface area (Å²) in [6.07, 6.45) is 2.64. The van der Waals surface area contributed by atoms with Crippen molar-refractivity contribution in [1.82, 2.24) is 29.9 Å². The molecule has 212 valence electrons. The molecule has 0 saturated heterocycles. The molecule has 2 aliphatic rings. The van der Waals surface area contributed by atoms with Crippen LogP contribution in [0.25, 0.3) is 54.8 Å². The van der Waals surface area contributed by atoms with Crippen LogP contribution in [0.15, 0.2) is 54.0 Å². The molecule has 4 aromatic heterocycles. The number of hydrogen-bond donors (Lipinski definition) is 1. The molecule has 2 aromatic carbocycles. The molecule has 0 unspecified atom stereocenters. The zero-order valence-corrected chi connectivity index (χ0v) is 23.5. The first-order chi connectivity index (χ1) is 20.5. The number of ether oxygens (including phenoxy) is 2. The smallest absolute Gasteiger partial charge is 0.137 e. The Kier molecular flexibility index (Phi) is 6.06.